The molecule has 0 fully saturated rings. The van der Waals surface area contributed by atoms with Crippen molar-refractivity contribution in [2.24, 2.45) is 5.11 Å². The van der Waals surface area contributed by atoms with Crippen LogP contribution in [0.25, 0.3) is 10.4 Å². The summed E-state index contributed by atoms with van der Waals surface area (Å²) < 4.78 is 0. The number of azide groups is 1. The first kappa shape index (κ1) is 12.5. The van der Waals surface area contributed by atoms with Gasteiger partial charge in [-0.25, -0.2) is 0 Å². The summed E-state index contributed by atoms with van der Waals surface area (Å²) in [5.74, 6) is 0.217. The Morgan fingerprint density at radius 2 is 1.09 bits per heavy atom. The summed E-state index contributed by atoms with van der Waals surface area (Å²) in [5, 5.41) is 4.38. The first-order valence-electron chi connectivity index (χ1n) is 7.72. The largest absolute Gasteiger partial charge is 0.125 e. The quantitative estimate of drug-likeness (QED) is 0.341. The van der Waals surface area contributed by atoms with Crippen molar-refractivity contribution in [1.82, 2.24) is 0 Å². The molecule has 0 unspecified atom stereocenters. The monoisotopic (exact) mass is 295 g/mol. The molecule has 0 amide bonds. The first-order chi connectivity index (χ1) is 11.4. The number of benzene rings is 3. The van der Waals surface area contributed by atoms with Crippen LogP contribution in [0.5, 0.6) is 0 Å². The second-order valence-electron chi connectivity index (χ2n) is 6.09. The standard InChI is InChI=1S/C20H13N3/c21-23-22-20-16-10-4-1-7-13(16)19(14-8-2-5-11-17(14)20)15-9-3-6-12-18(15)20/h1-12,19H. The molecule has 23 heavy (non-hydrogen) atoms. The van der Waals surface area contributed by atoms with Crippen molar-refractivity contribution in [3.05, 3.63) is 117 Å². The third-order valence-electron chi connectivity index (χ3n) is 5.18. The summed E-state index contributed by atoms with van der Waals surface area (Å²) in [5.41, 5.74) is 15.7. The van der Waals surface area contributed by atoms with Gasteiger partial charge in [0.2, 0.25) is 0 Å². The molecule has 3 aromatic carbocycles. The highest BCUT2D eigenvalue weighted by atomic mass is 15.2. The highest BCUT2D eigenvalue weighted by molar-refractivity contribution is 5.71. The zero-order chi connectivity index (χ0) is 15.4. The van der Waals surface area contributed by atoms with E-state index >= 15 is 0 Å². The van der Waals surface area contributed by atoms with Crippen molar-refractivity contribution < 1.29 is 0 Å². The molecule has 6 rings (SSSR count). The van der Waals surface area contributed by atoms with Gasteiger partial charge in [-0.1, -0.05) is 77.9 Å². The first-order valence-corrected chi connectivity index (χ1v) is 7.72. The predicted octanol–water partition coefficient (Wildman–Crippen LogP) is 5.10. The molecule has 0 aliphatic heterocycles. The summed E-state index contributed by atoms with van der Waals surface area (Å²) in [6, 6.07) is 25.1. The predicted molar refractivity (Wildman–Crippen MR) is 89.3 cm³/mol. The van der Waals surface area contributed by atoms with Crippen molar-refractivity contribution in [2.75, 3.05) is 0 Å². The highest BCUT2D eigenvalue weighted by Crippen LogP contribution is 2.59. The van der Waals surface area contributed by atoms with E-state index in [1.807, 2.05) is 18.2 Å². The van der Waals surface area contributed by atoms with Crippen molar-refractivity contribution in [3.8, 4) is 0 Å². The SMILES string of the molecule is [N-]=[N+]=NC12c3ccccc3C(c3ccccc31)c1ccccc12. The number of hydrogen-bond acceptors (Lipinski definition) is 1. The van der Waals surface area contributed by atoms with Gasteiger partial charge in [-0.05, 0) is 38.9 Å². The molecule has 3 aliphatic rings. The summed E-state index contributed by atoms with van der Waals surface area (Å²) >= 11 is 0. The van der Waals surface area contributed by atoms with Gasteiger partial charge in [0.15, 0.2) is 0 Å². The third-order valence-corrected chi connectivity index (χ3v) is 5.18. The molecule has 3 aliphatic carbocycles. The molecule has 3 heteroatoms. The van der Waals surface area contributed by atoms with Crippen LogP contribution in [0.1, 0.15) is 39.3 Å². The molecule has 3 nitrogen and oxygen atoms in total. The van der Waals surface area contributed by atoms with E-state index in [-0.39, 0.29) is 5.92 Å². The molecular weight excluding hydrogens is 282 g/mol. The molecule has 108 valence electrons. The van der Waals surface area contributed by atoms with Gasteiger partial charge in [0.25, 0.3) is 0 Å². The molecule has 3 aromatic rings. The topological polar surface area (TPSA) is 48.8 Å². The third kappa shape index (κ3) is 1.33. The van der Waals surface area contributed by atoms with Gasteiger partial charge in [0.05, 0.1) is 0 Å². The van der Waals surface area contributed by atoms with Crippen LogP contribution in [-0.4, -0.2) is 0 Å². The lowest BCUT2D eigenvalue weighted by atomic mass is 9.57. The molecule has 0 aromatic heterocycles. The Labute approximate surface area is 133 Å². The molecule has 0 heterocycles. The maximum atomic E-state index is 9.37. The van der Waals surface area contributed by atoms with Crippen LogP contribution in [0.2, 0.25) is 0 Å². The minimum absolute atomic E-state index is 0.217. The Balaban J connectivity index is 2.04. The van der Waals surface area contributed by atoms with E-state index in [9.17, 15) is 5.53 Å². The maximum Gasteiger partial charge on any atom is 0.125 e. The molecular formula is C20H13N3. The minimum Gasteiger partial charge on any atom is -0.0730 e. The van der Waals surface area contributed by atoms with E-state index in [4.69, 9.17) is 0 Å². The van der Waals surface area contributed by atoms with Gasteiger partial charge in [-0.15, -0.1) is 0 Å². The number of nitrogens with zero attached hydrogens (tertiary/aromatic N) is 3. The van der Waals surface area contributed by atoms with Crippen molar-refractivity contribution in [1.29, 1.82) is 0 Å². The zero-order valence-corrected chi connectivity index (χ0v) is 12.3. The summed E-state index contributed by atoms with van der Waals surface area (Å²) in [7, 11) is 0. The average Bonchev–Trinajstić information content (AvgIpc) is 2.62. The minimum atomic E-state index is -0.757. The summed E-state index contributed by atoms with van der Waals surface area (Å²) in [6.07, 6.45) is 0. The highest BCUT2D eigenvalue weighted by Gasteiger charge is 2.51. The lowest BCUT2D eigenvalue weighted by Crippen LogP contribution is -2.40. The van der Waals surface area contributed by atoms with Gasteiger partial charge in [-0.3, -0.25) is 0 Å². The Bertz CT molecular complexity index is 883. The van der Waals surface area contributed by atoms with Crippen LogP contribution in [0.15, 0.2) is 77.9 Å². The van der Waals surface area contributed by atoms with Gasteiger partial charge in [0.1, 0.15) is 5.54 Å². The molecule has 0 spiro atoms. The van der Waals surface area contributed by atoms with Crippen molar-refractivity contribution in [2.45, 2.75) is 11.5 Å². The van der Waals surface area contributed by atoms with Crippen molar-refractivity contribution >= 4 is 0 Å². The fourth-order valence-corrected chi connectivity index (χ4v) is 4.40. The fourth-order valence-electron chi connectivity index (χ4n) is 4.40. The van der Waals surface area contributed by atoms with E-state index < -0.39 is 5.54 Å². The van der Waals surface area contributed by atoms with Gasteiger partial charge in [0, 0.05) is 10.8 Å². The van der Waals surface area contributed by atoms with Crippen LogP contribution in [0.4, 0.5) is 0 Å². The molecule has 2 bridgehead atoms. The number of rotatable bonds is 1. The Kier molecular flexibility index (Phi) is 2.31. The molecule has 0 saturated carbocycles. The average molecular weight is 295 g/mol. The van der Waals surface area contributed by atoms with Gasteiger partial charge >= 0.3 is 0 Å². The van der Waals surface area contributed by atoms with Crippen LogP contribution < -0.4 is 0 Å². The molecule has 0 saturated heterocycles. The second kappa shape index (κ2) is 4.25. The van der Waals surface area contributed by atoms with E-state index in [1.165, 1.54) is 16.7 Å². The lowest BCUT2D eigenvalue weighted by molar-refractivity contribution is 0.563. The fraction of sp³-hybridized carbons (Fsp3) is 0.100. The molecule has 0 atom stereocenters. The van der Waals surface area contributed by atoms with E-state index in [0.29, 0.717) is 0 Å². The maximum absolute atomic E-state index is 9.37. The Morgan fingerprint density at radius 1 is 0.696 bits per heavy atom. The number of hydrogen-bond donors (Lipinski definition) is 0. The smallest absolute Gasteiger partial charge is 0.0730 e. The normalized spacial score (nSPS) is 22.5. The van der Waals surface area contributed by atoms with Crippen LogP contribution >= 0.6 is 0 Å². The molecule has 0 radical (unpaired) electrons. The van der Waals surface area contributed by atoms with E-state index in [2.05, 4.69) is 64.6 Å². The van der Waals surface area contributed by atoms with Gasteiger partial charge in [-0.2, -0.15) is 0 Å². The summed E-state index contributed by atoms with van der Waals surface area (Å²) in [4.78, 5) is 3.25. The van der Waals surface area contributed by atoms with Crippen LogP contribution in [-0.2, 0) is 5.54 Å². The van der Waals surface area contributed by atoms with Crippen molar-refractivity contribution in [3.63, 3.8) is 0 Å². The van der Waals surface area contributed by atoms with E-state index in [0.717, 1.165) is 16.7 Å². The molecule has 0 N–H and O–H groups in total. The second-order valence-corrected chi connectivity index (χ2v) is 6.09. The lowest BCUT2D eigenvalue weighted by Gasteiger charge is -2.48. The Hall–Kier alpha value is -3.03. The zero-order valence-electron chi connectivity index (χ0n) is 12.3. The van der Waals surface area contributed by atoms with E-state index in [1.54, 1.807) is 0 Å². The van der Waals surface area contributed by atoms with Gasteiger partial charge < -0.3 is 0 Å². The van der Waals surface area contributed by atoms with Crippen LogP contribution in [0.3, 0.4) is 0 Å². The summed E-state index contributed by atoms with van der Waals surface area (Å²) in [6.45, 7) is 0. The Morgan fingerprint density at radius 3 is 1.48 bits per heavy atom. The van der Waals surface area contributed by atoms with Crippen LogP contribution in [0, 0.1) is 0 Å².